The largest absolute Gasteiger partial charge is 0.260 e. The van der Waals surface area contributed by atoms with Crippen molar-refractivity contribution in [3.63, 3.8) is 0 Å². The van der Waals surface area contributed by atoms with E-state index >= 15 is 0 Å². The van der Waals surface area contributed by atoms with Crippen molar-refractivity contribution in [1.29, 1.82) is 0 Å². The van der Waals surface area contributed by atoms with Crippen LogP contribution in [0.25, 0.3) is 67.2 Å². The van der Waals surface area contributed by atoms with Crippen LogP contribution in [0.2, 0.25) is 0 Å². The summed E-state index contributed by atoms with van der Waals surface area (Å²) in [5, 5.41) is 0. The second-order valence-electron chi connectivity index (χ2n) is 24.2. The highest BCUT2D eigenvalue weighted by molar-refractivity contribution is 5.87. The van der Waals surface area contributed by atoms with Crippen molar-refractivity contribution < 1.29 is 0 Å². The Kier molecular flexibility index (Phi) is 15.5. The van der Waals surface area contributed by atoms with Crippen molar-refractivity contribution in [2.24, 2.45) is 32.7 Å². The number of pyridine rings is 3. The Hall–Kier alpha value is -8.22. The van der Waals surface area contributed by atoms with Crippen molar-refractivity contribution in [3.05, 3.63) is 217 Å². The van der Waals surface area contributed by atoms with E-state index in [4.69, 9.17) is 29.9 Å². The van der Waals surface area contributed by atoms with Gasteiger partial charge in [0.1, 0.15) is 0 Å². The number of nitrogens with zero attached hydrogens (tertiary/aromatic N) is 6. The van der Waals surface area contributed by atoms with Gasteiger partial charge in [0.2, 0.25) is 0 Å². The molecule has 10 rings (SSSR count). The molecule has 0 spiro atoms. The van der Waals surface area contributed by atoms with Gasteiger partial charge in [0.25, 0.3) is 0 Å². The van der Waals surface area contributed by atoms with Gasteiger partial charge in [0.05, 0.1) is 34.1 Å². The molecule has 1 aliphatic carbocycles. The van der Waals surface area contributed by atoms with Crippen molar-refractivity contribution in [2.45, 2.75) is 97.8 Å². The fraction of sp³-hybridized carbons (Fsp3) is 0.250. The van der Waals surface area contributed by atoms with E-state index in [2.05, 4.69) is 263 Å². The molecule has 0 bridgehead atoms. The van der Waals surface area contributed by atoms with Gasteiger partial charge in [-0.2, -0.15) is 0 Å². The minimum Gasteiger partial charge on any atom is -0.260 e. The van der Waals surface area contributed by atoms with Crippen LogP contribution in [0.15, 0.2) is 216 Å². The number of aliphatic imine (C=N–C) groups is 3. The van der Waals surface area contributed by atoms with Gasteiger partial charge in [-0.05, 0) is 159 Å². The maximum absolute atomic E-state index is 5.38. The molecular formula is C72H72N6. The molecule has 3 aromatic heterocycles. The van der Waals surface area contributed by atoms with Gasteiger partial charge in [0, 0.05) is 70.6 Å². The van der Waals surface area contributed by atoms with Crippen molar-refractivity contribution in [3.8, 4) is 67.2 Å². The lowest BCUT2D eigenvalue weighted by Crippen LogP contribution is -2.25. The Balaban J connectivity index is 1.02. The molecular weight excluding hydrogens is 949 g/mol. The summed E-state index contributed by atoms with van der Waals surface area (Å²) >= 11 is 0. The van der Waals surface area contributed by atoms with Gasteiger partial charge in [-0.15, -0.1) is 0 Å². The number of hydrogen-bond acceptors (Lipinski definition) is 6. The first-order valence-corrected chi connectivity index (χ1v) is 27.6. The molecule has 6 heteroatoms. The molecule has 6 aromatic carbocycles. The molecule has 0 unspecified atom stereocenters. The number of aromatic nitrogens is 3. The fourth-order valence-corrected chi connectivity index (χ4v) is 10.5. The van der Waals surface area contributed by atoms with Crippen molar-refractivity contribution in [2.75, 3.05) is 0 Å². The van der Waals surface area contributed by atoms with E-state index in [9.17, 15) is 0 Å². The predicted molar refractivity (Wildman–Crippen MR) is 330 cm³/mol. The second-order valence-corrected chi connectivity index (χ2v) is 24.2. The van der Waals surface area contributed by atoms with E-state index in [1.165, 1.54) is 16.7 Å². The molecule has 6 nitrogen and oxygen atoms in total. The van der Waals surface area contributed by atoms with Gasteiger partial charge in [-0.3, -0.25) is 29.9 Å². The Morgan fingerprint density at radius 3 is 0.846 bits per heavy atom. The highest BCUT2D eigenvalue weighted by Gasteiger charge is 2.28. The van der Waals surface area contributed by atoms with Gasteiger partial charge in [-0.25, -0.2) is 0 Å². The van der Waals surface area contributed by atoms with Crippen LogP contribution in [0.5, 0.6) is 0 Å². The Morgan fingerprint density at radius 1 is 0.321 bits per heavy atom. The van der Waals surface area contributed by atoms with Gasteiger partial charge in [-0.1, -0.05) is 172 Å². The SMILES string of the molecule is CC(C)(C)c1ccnc(-c2ccc(N=CC3CC(C=Nc4ccc(-c5cc(C(C)(C)C)ccn5)cc4-c4ccccc4)CC(C=Nc4ccc(-c5cc(C(C)(C)C)ccn5)cc4-c4ccccc4)C3)c(-c3ccccc3)c2)c1. The van der Waals surface area contributed by atoms with Gasteiger partial charge >= 0.3 is 0 Å². The Labute approximate surface area is 463 Å². The summed E-state index contributed by atoms with van der Waals surface area (Å²) in [6.45, 7) is 20.2. The standard InChI is InChI=1S/C72H72N6/c1-70(2,3)58-31-34-73-67(43-58)55-25-28-64(61(40-55)52-19-13-10-14-20-52)76-46-49-37-50(47-77-65-29-26-56(41-62(65)53-21-15-11-16-22-53)68-44-59(32-35-74-68)71(4,5)6)39-51(38-49)48-78-66-30-27-57(42-63(66)54-23-17-12-18-24-54)69-45-60(33-36-75-69)72(7,8)9/h10-36,40-51H,37-39H2,1-9H3. The first-order chi connectivity index (χ1) is 37.5. The lowest BCUT2D eigenvalue weighted by Gasteiger charge is -2.29. The van der Waals surface area contributed by atoms with E-state index in [-0.39, 0.29) is 34.0 Å². The van der Waals surface area contributed by atoms with Crippen LogP contribution in [-0.2, 0) is 16.2 Å². The summed E-state index contributed by atoms with van der Waals surface area (Å²) < 4.78 is 0. The lowest BCUT2D eigenvalue weighted by atomic mass is 9.76. The first-order valence-electron chi connectivity index (χ1n) is 27.6. The summed E-state index contributed by atoms with van der Waals surface area (Å²) in [5.41, 5.74) is 19.3. The van der Waals surface area contributed by atoms with Crippen molar-refractivity contribution in [1.82, 2.24) is 15.0 Å². The summed E-state index contributed by atoms with van der Waals surface area (Å²) in [4.78, 5) is 30.7. The second kappa shape index (κ2) is 22.8. The Morgan fingerprint density at radius 2 is 0.590 bits per heavy atom. The van der Waals surface area contributed by atoms with Crippen LogP contribution >= 0.6 is 0 Å². The Bertz CT molecular complexity index is 3220. The van der Waals surface area contributed by atoms with E-state index < -0.39 is 0 Å². The zero-order chi connectivity index (χ0) is 54.4. The quantitative estimate of drug-likeness (QED) is 0.114. The van der Waals surface area contributed by atoms with Crippen molar-refractivity contribution >= 4 is 35.7 Å². The van der Waals surface area contributed by atoms with Crippen LogP contribution in [0, 0.1) is 17.8 Å². The molecule has 0 aliphatic heterocycles. The topological polar surface area (TPSA) is 75.8 Å². The molecule has 0 N–H and O–H groups in total. The van der Waals surface area contributed by atoms with E-state index in [0.717, 1.165) is 103 Å². The van der Waals surface area contributed by atoms with Crippen LogP contribution in [0.1, 0.15) is 98.3 Å². The molecule has 1 aliphatic rings. The van der Waals surface area contributed by atoms with E-state index in [0.29, 0.717) is 0 Å². The normalized spacial score (nSPS) is 16.3. The minimum atomic E-state index is 0.00656. The van der Waals surface area contributed by atoms with Gasteiger partial charge in [0.15, 0.2) is 0 Å². The monoisotopic (exact) mass is 1020 g/mol. The molecule has 1 fully saturated rings. The fourth-order valence-electron chi connectivity index (χ4n) is 10.5. The van der Waals surface area contributed by atoms with E-state index in [1.54, 1.807) is 0 Å². The zero-order valence-corrected chi connectivity index (χ0v) is 46.8. The third-order valence-electron chi connectivity index (χ3n) is 15.1. The highest BCUT2D eigenvalue weighted by Crippen LogP contribution is 2.41. The number of rotatable bonds is 12. The maximum Gasteiger partial charge on any atom is 0.0705 e. The van der Waals surface area contributed by atoms with Crippen LogP contribution in [0.4, 0.5) is 17.1 Å². The average Bonchev–Trinajstić information content (AvgIpc) is 3.49. The molecule has 1 saturated carbocycles. The lowest BCUT2D eigenvalue weighted by molar-refractivity contribution is 0.349. The summed E-state index contributed by atoms with van der Waals surface area (Å²) in [6.07, 6.45) is 15.1. The molecule has 0 radical (unpaired) electrons. The molecule has 0 saturated heterocycles. The van der Waals surface area contributed by atoms with Crippen LogP contribution in [-0.4, -0.2) is 33.6 Å². The third kappa shape index (κ3) is 12.8. The third-order valence-corrected chi connectivity index (χ3v) is 15.1. The average molecular weight is 1020 g/mol. The highest BCUT2D eigenvalue weighted by atomic mass is 14.8. The maximum atomic E-state index is 5.38. The molecule has 78 heavy (non-hydrogen) atoms. The molecule has 0 atom stereocenters. The summed E-state index contributed by atoms with van der Waals surface area (Å²) in [6, 6.07) is 64.5. The van der Waals surface area contributed by atoms with Crippen LogP contribution in [0.3, 0.4) is 0 Å². The molecule has 9 aromatic rings. The molecule has 3 heterocycles. The smallest absolute Gasteiger partial charge is 0.0705 e. The summed E-state index contributed by atoms with van der Waals surface area (Å²) in [5.74, 6) is 0.484. The molecule has 390 valence electrons. The minimum absolute atomic E-state index is 0.00656. The summed E-state index contributed by atoms with van der Waals surface area (Å²) in [7, 11) is 0. The number of benzene rings is 6. The predicted octanol–water partition coefficient (Wildman–Crippen LogP) is 19.3. The molecule has 0 amide bonds. The van der Waals surface area contributed by atoms with E-state index in [1.807, 2.05) is 18.6 Å². The first kappa shape index (κ1) is 53.2. The number of hydrogen-bond donors (Lipinski definition) is 0. The van der Waals surface area contributed by atoms with Gasteiger partial charge < -0.3 is 0 Å². The zero-order valence-electron chi connectivity index (χ0n) is 46.8. The van der Waals surface area contributed by atoms with Crippen LogP contribution < -0.4 is 0 Å².